The first-order chi connectivity index (χ1) is 6.13. The molecule has 0 aliphatic heterocycles. The third-order valence-electron chi connectivity index (χ3n) is 1.30. The van der Waals surface area contributed by atoms with Crippen LogP contribution in [0.4, 0.5) is 0 Å². The normalized spacial score (nSPS) is 11.5. The minimum atomic E-state index is -0.794. The maximum Gasteiger partial charge on any atom is 0.333 e. The average molecular weight is 186 g/mol. The third kappa shape index (κ3) is 5.00. The maximum atomic E-state index is 10.8. The standard InChI is InChI=1S/C9H14O4/c1-4-7(10)12-9(6-3)13-8(11)5-2/h4,9H,1,5-6H2,2-3H3. The molecule has 0 radical (unpaired) electrons. The summed E-state index contributed by atoms with van der Waals surface area (Å²) in [6, 6.07) is 0. The van der Waals surface area contributed by atoms with E-state index in [4.69, 9.17) is 9.47 Å². The molecule has 4 nitrogen and oxygen atoms in total. The smallest absolute Gasteiger partial charge is 0.333 e. The van der Waals surface area contributed by atoms with Gasteiger partial charge in [-0.05, 0) is 0 Å². The van der Waals surface area contributed by atoms with Gasteiger partial charge in [0.2, 0.25) is 6.29 Å². The van der Waals surface area contributed by atoms with Crippen LogP contribution in [0.15, 0.2) is 12.7 Å². The molecule has 4 heteroatoms. The lowest BCUT2D eigenvalue weighted by molar-refractivity contribution is -0.184. The van der Waals surface area contributed by atoms with Gasteiger partial charge in [0.25, 0.3) is 0 Å². The van der Waals surface area contributed by atoms with E-state index in [1.807, 2.05) is 0 Å². The fourth-order valence-corrected chi connectivity index (χ4v) is 0.598. The summed E-state index contributed by atoms with van der Waals surface area (Å²) in [5, 5.41) is 0. The molecular weight excluding hydrogens is 172 g/mol. The number of rotatable bonds is 5. The predicted molar refractivity (Wildman–Crippen MR) is 46.8 cm³/mol. The molecule has 0 rings (SSSR count). The highest BCUT2D eigenvalue weighted by atomic mass is 16.7. The van der Waals surface area contributed by atoms with Crippen molar-refractivity contribution < 1.29 is 19.1 Å². The summed E-state index contributed by atoms with van der Waals surface area (Å²) >= 11 is 0. The summed E-state index contributed by atoms with van der Waals surface area (Å²) in [4.78, 5) is 21.5. The van der Waals surface area contributed by atoms with Crippen LogP contribution in [0.5, 0.6) is 0 Å². The van der Waals surface area contributed by atoms with Crippen molar-refractivity contribution in [3.8, 4) is 0 Å². The zero-order valence-electron chi connectivity index (χ0n) is 7.91. The molecule has 0 saturated carbocycles. The molecule has 1 atom stereocenters. The van der Waals surface area contributed by atoms with Gasteiger partial charge in [-0.25, -0.2) is 4.79 Å². The van der Waals surface area contributed by atoms with Gasteiger partial charge in [-0.1, -0.05) is 20.4 Å². The maximum absolute atomic E-state index is 10.8. The van der Waals surface area contributed by atoms with E-state index in [9.17, 15) is 9.59 Å². The quantitative estimate of drug-likeness (QED) is 0.370. The summed E-state index contributed by atoms with van der Waals surface area (Å²) in [7, 11) is 0. The number of hydrogen-bond donors (Lipinski definition) is 0. The Bertz CT molecular complexity index is 198. The lowest BCUT2D eigenvalue weighted by atomic mass is 10.4. The summed E-state index contributed by atoms with van der Waals surface area (Å²) in [6.07, 6.45) is 0.938. The van der Waals surface area contributed by atoms with Crippen LogP contribution in [0.3, 0.4) is 0 Å². The Labute approximate surface area is 77.5 Å². The zero-order chi connectivity index (χ0) is 10.3. The van der Waals surface area contributed by atoms with Gasteiger partial charge in [-0.2, -0.15) is 0 Å². The molecule has 74 valence electrons. The molecule has 0 amide bonds. The fourth-order valence-electron chi connectivity index (χ4n) is 0.598. The van der Waals surface area contributed by atoms with Crippen molar-refractivity contribution in [2.24, 2.45) is 0 Å². The van der Waals surface area contributed by atoms with E-state index in [0.29, 0.717) is 6.42 Å². The van der Waals surface area contributed by atoms with Gasteiger partial charge >= 0.3 is 11.9 Å². The first kappa shape index (κ1) is 11.7. The first-order valence-electron chi connectivity index (χ1n) is 4.16. The van der Waals surface area contributed by atoms with Gasteiger partial charge in [-0.3, -0.25) is 4.79 Å². The highest BCUT2D eigenvalue weighted by Crippen LogP contribution is 2.02. The summed E-state index contributed by atoms with van der Waals surface area (Å²) < 4.78 is 9.51. The van der Waals surface area contributed by atoms with Crippen LogP contribution < -0.4 is 0 Å². The molecule has 0 aliphatic carbocycles. The summed E-state index contributed by atoms with van der Waals surface area (Å²) in [5.41, 5.74) is 0. The fraction of sp³-hybridized carbons (Fsp3) is 0.556. The molecule has 0 spiro atoms. The highest BCUT2D eigenvalue weighted by Gasteiger charge is 2.13. The van der Waals surface area contributed by atoms with Gasteiger partial charge in [0.05, 0.1) is 0 Å². The van der Waals surface area contributed by atoms with Crippen LogP contribution in [-0.2, 0) is 19.1 Å². The lowest BCUT2D eigenvalue weighted by Crippen LogP contribution is -2.22. The minimum Gasteiger partial charge on any atom is -0.425 e. The second-order valence-electron chi connectivity index (χ2n) is 2.32. The molecule has 0 saturated heterocycles. The van der Waals surface area contributed by atoms with Crippen molar-refractivity contribution in [3.63, 3.8) is 0 Å². The molecule has 13 heavy (non-hydrogen) atoms. The Hall–Kier alpha value is -1.32. The number of ether oxygens (including phenoxy) is 2. The molecule has 0 aromatic rings. The van der Waals surface area contributed by atoms with Gasteiger partial charge in [0.15, 0.2) is 0 Å². The topological polar surface area (TPSA) is 52.6 Å². The van der Waals surface area contributed by atoms with Gasteiger partial charge in [-0.15, -0.1) is 0 Å². The van der Waals surface area contributed by atoms with Crippen molar-refractivity contribution in [3.05, 3.63) is 12.7 Å². The molecule has 0 heterocycles. The van der Waals surface area contributed by atoms with Crippen LogP contribution in [0.25, 0.3) is 0 Å². The van der Waals surface area contributed by atoms with E-state index in [1.54, 1.807) is 13.8 Å². The zero-order valence-corrected chi connectivity index (χ0v) is 7.91. The van der Waals surface area contributed by atoms with Crippen molar-refractivity contribution in [2.75, 3.05) is 0 Å². The van der Waals surface area contributed by atoms with E-state index < -0.39 is 12.3 Å². The third-order valence-corrected chi connectivity index (χ3v) is 1.30. The van der Waals surface area contributed by atoms with Crippen molar-refractivity contribution in [1.82, 2.24) is 0 Å². The van der Waals surface area contributed by atoms with E-state index in [0.717, 1.165) is 6.08 Å². The van der Waals surface area contributed by atoms with Gasteiger partial charge in [0.1, 0.15) is 0 Å². The van der Waals surface area contributed by atoms with E-state index >= 15 is 0 Å². The van der Waals surface area contributed by atoms with Crippen LogP contribution >= 0.6 is 0 Å². The Morgan fingerprint density at radius 2 is 2.00 bits per heavy atom. The predicted octanol–water partition coefficient (Wildman–Crippen LogP) is 1.40. The van der Waals surface area contributed by atoms with Crippen LogP contribution in [0.2, 0.25) is 0 Å². The van der Waals surface area contributed by atoms with Gasteiger partial charge in [0, 0.05) is 18.9 Å². The van der Waals surface area contributed by atoms with Crippen molar-refractivity contribution in [2.45, 2.75) is 33.0 Å². The Morgan fingerprint density at radius 3 is 2.38 bits per heavy atom. The van der Waals surface area contributed by atoms with Crippen LogP contribution in [0.1, 0.15) is 26.7 Å². The Kier molecular flexibility index (Phi) is 5.59. The van der Waals surface area contributed by atoms with Crippen molar-refractivity contribution in [1.29, 1.82) is 0 Å². The number of carbonyl (C=O) groups is 2. The molecular formula is C9H14O4. The van der Waals surface area contributed by atoms with E-state index in [1.165, 1.54) is 0 Å². The molecule has 0 aromatic heterocycles. The Morgan fingerprint density at radius 1 is 1.38 bits per heavy atom. The molecule has 0 N–H and O–H groups in total. The summed E-state index contributed by atoms with van der Waals surface area (Å²) in [5.74, 6) is -0.973. The summed E-state index contributed by atoms with van der Waals surface area (Å²) in [6.45, 7) is 6.66. The average Bonchev–Trinajstić information content (AvgIpc) is 2.16. The number of hydrogen-bond acceptors (Lipinski definition) is 4. The SMILES string of the molecule is C=CC(=O)OC(CC)OC(=O)CC. The number of carbonyl (C=O) groups excluding carboxylic acids is 2. The first-order valence-corrected chi connectivity index (χ1v) is 4.16. The van der Waals surface area contributed by atoms with E-state index in [-0.39, 0.29) is 12.4 Å². The molecule has 0 aliphatic rings. The molecule has 0 aromatic carbocycles. The largest absolute Gasteiger partial charge is 0.425 e. The Balaban J connectivity index is 3.95. The van der Waals surface area contributed by atoms with E-state index in [2.05, 4.69) is 6.58 Å². The van der Waals surface area contributed by atoms with Crippen molar-refractivity contribution >= 4 is 11.9 Å². The number of esters is 2. The van der Waals surface area contributed by atoms with Gasteiger partial charge < -0.3 is 9.47 Å². The second kappa shape index (κ2) is 6.22. The molecule has 0 bridgehead atoms. The lowest BCUT2D eigenvalue weighted by Gasteiger charge is -2.14. The highest BCUT2D eigenvalue weighted by molar-refractivity contribution is 5.81. The molecule has 1 unspecified atom stereocenters. The van der Waals surface area contributed by atoms with Crippen LogP contribution in [0, 0.1) is 0 Å². The van der Waals surface area contributed by atoms with Crippen LogP contribution in [-0.4, -0.2) is 18.2 Å². The second-order valence-corrected chi connectivity index (χ2v) is 2.32. The molecule has 0 fully saturated rings. The minimum absolute atomic E-state index is 0.266. The monoisotopic (exact) mass is 186 g/mol.